The number of carbonyl (C=O) groups is 1. The fourth-order valence-electron chi connectivity index (χ4n) is 2.48. The second-order valence-corrected chi connectivity index (χ2v) is 5.07. The van der Waals surface area contributed by atoms with Gasteiger partial charge in [-0.25, -0.2) is 0 Å². The van der Waals surface area contributed by atoms with Gasteiger partial charge in [0.15, 0.2) is 5.69 Å². The molecule has 0 unspecified atom stereocenters. The fraction of sp³-hybridized carbons (Fsp3) is 0.333. The Bertz CT molecular complexity index is 633. The molecule has 0 saturated carbocycles. The summed E-state index contributed by atoms with van der Waals surface area (Å²) in [4.78, 5) is 12.2. The molecular weight excluding hydrogens is 252 g/mol. The topological polar surface area (TPSA) is 69.8 Å². The second-order valence-electron chi connectivity index (χ2n) is 5.07. The molecule has 2 aromatic rings. The third kappa shape index (κ3) is 2.44. The Kier molecular flexibility index (Phi) is 3.52. The number of aromatic amines is 1. The summed E-state index contributed by atoms with van der Waals surface area (Å²) in [6.45, 7) is 4.21. The van der Waals surface area contributed by atoms with Crippen LogP contribution in [0.3, 0.4) is 0 Å². The number of nitrogens with zero attached hydrogens (tertiary/aromatic N) is 1. The van der Waals surface area contributed by atoms with Crippen LogP contribution in [0, 0.1) is 6.92 Å². The van der Waals surface area contributed by atoms with Crippen LogP contribution in [0.25, 0.3) is 0 Å². The minimum Gasteiger partial charge on any atom is -0.347 e. The fourth-order valence-corrected chi connectivity index (χ4v) is 2.48. The standard InChI is InChI=1S/C15H18N4O/c1-10-4-2-3-5-11(10)8-17-15(20)14-12-9-16-7-6-13(12)18-19-14/h2-5,16H,6-9H2,1H3,(H,17,20)(H,18,19). The van der Waals surface area contributed by atoms with Crippen molar-refractivity contribution in [2.75, 3.05) is 6.54 Å². The third-order valence-corrected chi connectivity index (χ3v) is 3.72. The summed E-state index contributed by atoms with van der Waals surface area (Å²) < 4.78 is 0. The molecule has 1 aliphatic heterocycles. The zero-order valence-electron chi connectivity index (χ0n) is 11.5. The van der Waals surface area contributed by atoms with E-state index >= 15 is 0 Å². The Balaban J connectivity index is 1.71. The quantitative estimate of drug-likeness (QED) is 0.787. The molecule has 3 rings (SSSR count). The maximum absolute atomic E-state index is 12.2. The van der Waals surface area contributed by atoms with Crippen molar-refractivity contribution in [3.63, 3.8) is 0 Å². The van der Waals surface area contributed by atoms with E-state index in [1.54, 1.807) is 0 Å². The lowest BCUT2D eigenvalue weighted by molar-refractivity contribution is 0.0944. The largest absolute Gasteiger partial charge is 0.347 e. The first-order chi connectivity index (χ1) is 9.75. The summed E-state index contributed by atoms with van der Waals surface area (Å²) in [6.07, 6.45) is 0.896. The van der Waals surface area contributed by atoms with Gasteiger partial charge >= 0.3 is 0 Å². The number of aromatic nitrogens is 2. The maximum atomic E-state index is 12.2. The highest BCUT2D eigenvalue weighted by Gasteiger charge is 2.21. The molecule has 0 spiro atoms. The summed E-state index contributed by atoms with van der Waals surface area (Å²) in [6, 6.07) is 8.05. The van der Waals surface area contributed by atoms with Crippen molar-refractivity contribution in [2.24, 2.45) is 0 Å². The molecule has 0 bridgehead atoms. The average molecular weight is 270 g/mol. The van der Waals surface area contributed by atoms with Gasteiger partial charge < -0.3 is 10.6 Å². The van der Waals surface area contributed by atoms with Crippen molar-refractivity contribution in [3.05, 3.63) is 52.3 Å². The first-order valence-corrected chi connectivity index (χ1v) is 6.85. The number of carbonyl (C=O) groups excluding carboxylic acids is 1. The smallest absolute Gasteiger partial charge is 0.272 e. The van der Waals surface area contributed by atoms with Crippen LogP contribution < -0.4 is 10.6 Å². The molecule has 20 heavy (non-hydrogen) atoms. The lowest BCUT2D eigenvalue weighted by Gasteiger charge is -2.13. The van der Waals surface area contributed by atoms with E-state index in [-0.39, 0.29) is 5.91 Å². The van der Waals surface area contributed by atoms with Crippen molar-refractivity contribution in [2.45, 2.75) is 26.4 Å². The van der Waals surface area contributed by atoms with Gasteiger partial charge in [-0.05, 0) is 18.1 Å². The summed E-state index contributed by atoms with van der Waals surface area (Å²) in [5.74, 6) is -0.116. The van der Waals surface area contributed by atoms with Crippen LogP contribution >= 0.6 is 0 Å². The molecule has 104 valence electrons. The molecule has 1 aliphatic rings. The van der Waals surface area contributed by atoms with E-state index in [0.717, 1.165) is 29.8 Å². The number of aryl methyl sites for hydroxylation is 1. The zero-order valence-corrected chi connectivity index (χ0v) is 11.5. The van der Waals surface area contributed by atoms with Crippen molar-refractivity contribution >= 4 is 5.91 Å². The number of rotatable bonds is 3. The van der Waals surface area contributed by atoms with Crippen LogP contribution in [0.15, 0.2) is 24.3 Å². The Morgan fingerprint density at radius 1 is 1.40 bits per heavy atom. The summed E-state index contributed by atoms with van der Waals surface area (Å²) in [7, 11) is 0. The molecule has 1 aromatic heterocycles. The Labute approximate surface area is 117 Å². The molecule has 1 amide bonds. The van der Waals surface area contributed by atoms with Crippen molar-refractivity contribution < 1.29 is 4.79 Å². The van der Waals surface area contributed by atoms with E-state index in [1.165, 1.54) is 5.56 Å². The lowest BCUT2D eigenvalue weighted by atomic mass is 10.1. The van der Waals surface area contributed by atoms with Crippen LogP contribution in [0.4, 0.5) is 0 Å². The van der Waals surface area contributed by atoms with Crippen LogP contribution in [0.1, 0.15) is 32.9 Å². The van der Waals surface area contributed by atoms with Gasteiger partial charge in [-0.3, -0.25) is 9.89 Å². The number of hydrogen-bond acceptors (Lipinski definition) is 3. The average Bonchev–Trinajstić information content (AvgIpc) is 2.90. The zero-order chi connectivity index (χ0) is 13.9. The van der Waals surface area contributed by atoms with E-state index in [4.69, 9.17) is 0 Å². The number of H-pyrrole nitrogens is 1. The first kappa shape index (κ1) is 12.9. The summed E-state index contributed by atoms with van der Waals surface area (Å²) in [5.41, 5.74) is 4.89. The van der Waals surface area contributed by atoms with E-state index in [2.05, 4.69) is 20.8 Å². The van der Waals surface area contributed by atoms with Gasteiger partial charge in [0.2, 0.25) is 0 Å². The highest BCUT2D eigenvalue weighted by atomic mass is 16.1. The van der Waals surface area contributed by atoms with Crippen LogP contribution in [0.5, 0.6) is 0 Å². The highest BCUT2D eigenvalue weighted by Crippen LogP contribution is 2.15. The number of benzene rings is 1. The van der Waals surface area contributed by atoms with Gasteiger partial charge in [-0.1, -0.05) is 24.3 Å². The SMILES string of the molecule is Cc1ccccc1CNC(=O)c1n[nH]c2c1CNCC2. The molecule has 5 nitrogen and oxygen atoms in total. The number of nitrogens with one attached hydrogen (secondary N) is 3. The third-order valence-electron chi connectivity index (χ3n) is 3.72. The van der Waals surface area contributed by atoms with E-state index in [9.17, 15) is 4.79 Å². The summed E-state index contributed by atoms with van der Waals surface area (Å²) in [5, 5.41) is 13.3. The van der Waals surface area contributed by atoms with Crippen LogP contribution in [0.2, 0.25) is 0 Å². The minimum atomic E-state index is -0.116. The Morgan fingerprint density at radius 2 is 2.25 bits per heavy atom. The molecule has 0 saturated heterocycles. The molecule has 0 aliphatic carbocycles. The Morgan fingerprint density at radius 3 is 3.10 bits per heavy atom. The van der Waals surface area contributed by atoms with Gasteiger partial charge in [0.25, 0.3) is 5.91 Å². The van der Waals surface area contributed by atoms with Gasteiger partial charge in [-0.2, -0.15) is 5.10 Å². The molecular formula is C15H18N4O. The van der Waals surface area contributed by atoms with Crippen molar-refractivity contribution in [1.29, 1.82) is 0 Å². The molecule has 3 N–H and O–H groups in total. The monoisotopic (exact) mass is 270 g/mol. The van der Waals surface area contributed by atoms with Gasteiger partial charge in [0.05, 0.1) is 0 Å². The van der Waals surface area contributed by atoms with Crippen molar-refractivity contribution in [3.8, 4) is 0 Å². The Hall–Kier alpha value is -2.14. The highest BCUT2D eigenvalue weighted by molar-refractivity contribution is 5.94. The number of amides is 1. The van der Waals surface area contributed by atoms with E-state index in [0.29, 0.717) is 18.8 Å². The molecule has 5 heteroatoms. The van der Waals surface area contributed by atoms with E-state index < -0.39 is 0 Å². The number of fused-ring (bicyclic) bond motifs is 1. The second kappa shape index (κ2) is 5.46. The van der Waals surface area contributed by atoms with E-state index in [1.807, 2.05) is 31.2 Å². The van der Waals surface area contributed by atoms with Crippen LogP contribution in [-0.4, -0.2) is 22.6 Å². The van der Waals surface area contributed by atoms with Gasteiger partial charge in [0, 0.05) is 37.3 Å². The van der Waals surface area contributed by atoms with Gasteiger partial charge in [0.1, 0.15) is 0 Å². The lowest BCUT2D eigenvalue weighted by Crippen LogP contribution is -2.28. The maximum Gasteiger partial charge on any atom is 0.272 e. The summed E-state index contributed by atoms with van der Waals surface area (Å²) >= 11 is 0. The molecule has 1 aromatic carbocycles. The molecule has 0 fully saturated rings. The predicted molar refractivity (Wildman–Crippen MR) is 76.3 cm³/mol. The first-order valence-electron chi connectivity index (χ1n) is 6.85. The van der Waals surface area contributed by atoms with Crippen LogP contribution in [-0.2, 0) is 19.5 Å². The molecule has 2 heterocycles. The van der Waals surface area contributed by atoms with Gasteiger partial charge in [-0.15, -0.1) is 0 Å². The van der Waals surface area contributed by atoms with Crippen molar-refractivity contribution in [1.82, 2.24) is 20.8 Å². The molecule has 0 radical (unpaired) electrons. The normalized spacial score (nSPS) is 13.8. The minimum absolute atomic E-state index is 0.116. The molecule has 0 atom stereocenters. The predicted octanol–water partition coefficient (Wildman–Crippen LogP) is 1.29. The number of hydrogen-bond donors (Lipinski definition) is 3.